The lowest BCUT2D eigenvalue weighted by Gasteiger charge is -2.19. The molecule has 10 heteroatoms. The standard InChI is InChI=1S/C22H25FN2O6S/c1-24(14-16-5-8-18(23)9-6-16)21(26)15-31-22(27)17-7-10-19(30-2)20(13-17)32(28,29)25-11-3-4-12-25/h5-10,13H,3-4,11-12,14-15H2,1-2H3. The zero-order valence-corrected chi connectivity index (χ0v) is 18.7. The summed E-state index contributed by atoms with van der Waals surface area (Å²) >= 11 is 0. The molecule has 0 aromatic heterocycles. The molecule has 0 spiro atoms. The third kappa shape index (κ3) is 5.43. The van der Waals surface area contributed by atoms with Gasteiger partial charge in [-0.15, -0.1) is 0 Å². The lowest BCUT2D eigenvalue weighted by molar-refractivity contribution is -0.133. The molecule has 1 fully saturated rings. The minimum absolute atomic E-state index is 0.00226. The van der Waals surface area contributed by atoms with Crippen LogP contribution in [0.2, 0.25) is 0 Å². The molecule has 172 valence electrons. The van der Waals surface area contributed by atoms with E-state index in [4.69, 9.17) is 9.47 Å². The lowest BCUT2D eigenvalue weighted by Crippen LogP contribution is -2.31. The highest BCUT2D eigenvalue weighted by atomic mass is 32.2. The fourth-order valence-corrected chi connectivity index (χ4v) is 5.04. The van der Waals surface area contributed by atoms with Gasteiger partial charge in [-0.3, -0.25) is 4.79 Å². The predicted octanol–water partition coefficient (Wildman–Crippen LogP) is 2.43. The van der Waals surface area contributed by atoms with Crippen molar-refractivity contribution >= 4 is 21.9 Å². The SMILES string of the molecule is COc1ccc(C(=O)OCC(=O)N(C)Cc2ccc(F)cc2)cc1S(=O)(=O)N1CCCC1. The van der Waals surface area contributed by atoms with Gasteiger partial charge in [-0.25, -0.2) is 17.6 Å². The Labute approximate surface area is 186 Å². The first-order valence-electron chi connectivity index (χ1n) is 10.1. The van der Waals surface area contributed by atoms with E-state index in [1.54, 1.807) is 12.1 Å². The average molecular weight is 465 g/mol. The first-order valence-corrected chi connectivity index (χ1v) is 11.5. The van der Waals surface area contributed by atoms with Gasteiger partial charge in [0.15, 0.2) is 6.61 Å². The molecule has 0 atom stereocenters. The molecule has 0 bridgehead atoms. The number of esters is 1. The van der Waals surface area contributed by atoms with Crippen molar-refractivity contribution in [1.29, 1.82) is 0 Å². The Morgan fingerprint density at radius 3 is 2.38 bits per heavy atom. The highest BCUT2D eigenvalue weighted by Crippen LogP contribution is 2.30. The van der Waals surface area contributed by atoms with E-state index < -0.39 is 28.5 Å². The minimum atomic E-state index is -3.82. The fourth-order valence-electron chi connectivity index (χ4n) is 3.35. The number of hydrogen-bond acceptors (Lipinski definition) is 6. The number of rotatable bonds is 8. The number of benzene rings is 2. The maximum atomic E-state index is 13.0. The molecular weight excluding hydrogens is 439 g/mol. The molecule has 0 aliphatic carbocycles. The van der Waals surface area contributed by atoms with Crippen LogP contribution in [0.4, 0.5) is 4.39 Å². The molecular formula is C22H25FN2O6S. The van der Waals surface area contributed by atoms with Gasteiger partial charge in [0.05, 0.1) is 12.7 Å². The van der Waals surface area contributed by atoms with E-state index in [1.165, 1.54) is 53.7 Å². The van der Waals surface area contributed by atoms with Gasteiger partial charge >= 0.3 is 5.97 Å². The summed E-state index contributed by atoms with van der Waals surface area (Å²) < 4.78 is 50.5. The van der Waals surface area contributed by atoms with Crippen LogP contribution < -0.4 is 4.74 Å². The van der Waals surface area contributed by atoms with E-state index in [2.05, 4.69) is 0 Å². The molecule has 0 saturated carbocycles. The molecule has 0 unspecified atom stereocenters. The largest absolute Gasteiger partial charge is 0.495 e. The summed E-state index contributed by atoms with van der Waals surface area (Å²) in [6, 6.07) is 9.70. The van der Waals surface area contributed by atoms with Crippen molar-refractivity contribution in [2.45, 2.75) is 24.3 Å². The first-order chi connectivity index (χ1) is 15.2. The van der Waals surface area contributed by atoms with Crippen LogP contribution >= 0.6 is 0 Å². The summed E-state index contributed by atoms with van der Waals surface area (Å²) in [4.78, 5) is 26.0. The molecule has 2 aromatic carbocycles. The Kier molecular flexibility index (Phi) is 7.47. The molecule has 0 N–H and O–H groups in total. The zero-order chi connectivity index (χ0) is 23.3. The van der Waals surface area contributed by atoms with E-state index in [0.717, 1.165) is 18.4 Å². The predicted molar refractivity (Wildman–Crippen MR) is 114 cm³/mol. The van der Waals surface area contributed by atoms with E-state index in [9.17, 15) is 22.4 Å². The van der Waals surface area contributed by atoms with Crippen molar-refractivity contribution in [3.8, 4) is 5.75 Å². The Hall–Kier alpha value is -2.98. The first kappa shape index (κ1) is 23.7. The van der Waals surface area contributed by atoms with Crippen LogP contribution in [0.15, 0.2) is 47.4 Å². The molecule has 1 aliphatic rings. The number of nitrogens with zero attached hydrogens (tertiary/aromatic N) is 2. The van der Waals surface area contributed by atoms with Gasteiger partial charge in [0.1, 0.15) is 16.5 Å². The smallest absolute Gasteiger partial charge is 0.338 e. The second kappa shape index (κ2) is 10.1. The van der Waals surface area contributed by atoms with Crippen LogP contribution in [-0.2, 0) is 26.1 Å². The van der Waals surface area contributed by atoms with Gasteiger partial charge < -0.3 is 14.4 Å². The Bertz CT molecular complexity index is 1080. The molecule has 1 heterocycles. The number of sulfonamides is 1. The molecule has 1 aliphatic heterocycles. The molecule has 32 heavy (non-hydrogen) atoms. The second-order valence-electron chi connectivity index (χ2n) is 7.43. The van der Waals surface area contributed by atoms with Gasteiger partial charge in [0, 0.05) is 26.7 Å². The molecule has 2 aromatic rings. The molecule has 1 amide bonds. The van der Waals surface area contributed by atoms with Crippen LogP contribution in [0.3, 0.4) is 0 Å². The number of carbonyl (C=O) groups is 2. The third-order valence-corrected chi connectivity index (χ3v) is 7.09. The fraction of sp³-hybridized carbons (Fsp3) is 0.364. The van der Waals surface area contributed by atoms with Crippen molar-refractivity contribution < 1.29 is 31.9 Å². The van der Waals surface area contributed by atoms with Crippen LogP contribution in [-0.4, -0.2) is 63.4 Å². The van der Waals surface area contributed by atoms with E-state index >= 15 is 0 Å². The van der Waals surface area contributed by atoms with Gasteiger partial charge in [-0.05, 0) is 48.7 Å². The summed E-state index contributed by atoms with van der Waals surface area (Å²) in [5.41, 5.74) is 0.720. The topological polar surface area (TPSA) is 93.2 Å². The summed E-state index contributed by atoms with van der Waals surface area (Å²) in [7, 11) is -0.933. The number of hydrogen-bond donors (Lipinski definition) is 0. The Morgan fingerprint density at radius 1 is 1.09 bits per heavy atom. The van der Waals surface area contributed by atoms with Crippen molar-refractivity contribution in [3.63, 3.8) is 0 Å². The van der Waals surface area contributed by atoms with E-state index in [1.807, 2.05) is 0 Å². The van der Waals surface area contributed by atoms with Crippen molar-refractivity contribution in [3.05, 3.63) is 59.4 Å². The van der Waals surface area contributed by atoms with Crippen molar-refractivity contribution in [2.75, 3.05) is 33.9 Å². The summed E-state index contributed by atoms with van der Waals surface area (Å²) in [6.45, 7) is 0.526. The Morgan fingerprint density at radius 2 is 1.75 bits per heavy atom. The van der Waals surface area contributed by atoms with E-state index in [-0.39, 0.29) is 28.6 Å². The number of likely N-dealkylation sites (N-methyl/N-ethyl adjacent to an activating group) is 1. The van der Waals surface area contributed by atoms with Crippen molar-refractivity contribution in [1.82, 2.24) is 9.21 Å². The van der Waals surface area contributed by atoms with Gasteiger partial charge in [-0.2, -0.15) is 4.31 Å². The Balaban J connectivity index is 1.67. The summed E-state index contributed by atoms with van der Waals surface area (Å²) in [6.07, 6.45) is 1.55. The lowest BCUT2D eigenvalue weighted by atomic mass is 10.2. The van der Waals surface area contributed by atoms with Gasteiger partial charge in [0.25, 0.3) is 5.91 Å². The van der Waals surface area contributed by atoms with Crippen LogP contribution in [0.1, 0.15) is 28.8 Å². The molecule has 0 radical (unpaired) electrons. The number of amides is 1. The number of ether oxygens (including phenoxy) is 2. The maximum Gasteiger partial charge on any atom is 0.338 e. The normalized spacial score (nSPS) is 14.2. The summed E-state index contributed by atoms with van der Waals surface area (Å²) in [5, 5.41) is 0. The molecule has 8 nitrogen and oxygen atoms in total. The van der Waals surface area contributed by atoms with Gasteiger partial charge in [0.2, 0.25) is 10.0 Å². The maximum absolute atomic E-state index is 13.0. The van der Waals surface area contributed by atoms with Crippen LogP contribution in [0.25, 0.3) is 0 Å². The second-order valence-corrected chi connectivity index (χ2v) is 9.34. The van der Waals surface area contributed by atoms with Crippen LogP contribution in [0.5, 0.6) is 5.75 Å². The third-order valence-electron chi connectivity index (χ3n) is 5.17. The number of methoxy groups -OCH3 is 1. The zero-order valence-electron chi connectivity index (χ0n) is 17.9. The molecule has 1 saturated heterocycles. The van der Waals surface area contributed by atoms with Gasteiger partial charge in [-0.1, -0.05) is 12.1 Å². The quantitative estimate of drug-likeness (QED) is 0.557. The van der Waals surface area contributed by atoms with Crippen LogP contribution in [0, 0.1) is 5.82 Å². The highest BCUT2D eigenvalue weighted by Gasteiger charge is 2.31. The summed E-state index contributed by atoms with van der Waals surface area (Å²) in [5.74, 6) is -1.53. The monoisotopic (exact) mass is 464 g/mol. The molecule has 3 rings (SSSR count). The number of halogens is 1. The number of carbonyl (C=O) groups excluding carboxylic acids is 2. The van der Waals surface area contributed by atoms with Crippen molar-refractivity contribution in [2.24, 2.45) is 0 Å². The average Bonchev–Trinajstić information content (AvgIpc) is 3.34. The van der Waals surface area contributed by atoms with E-state index in [0.29, 0.717) is 13.1 Å². The highest BCUT2D eigenvalue weighted by molar-refractivity contribution is 7.89. The minimum Gasteiger partial charge on any atom is -0.495 e.